The van der Waals surface area contributed by atoms with Gasteiger partial charge in [-0.15, -0.1) is 0 Å². The summed E-state index contributed by atoms with van der Waals surface area (Å²) in [5.41, 5.74) is 1.07. The van der Waals surface area contributed by atoms with E-state index in [2.05, 4.69) is 23.4 Å². The molecule has 0 aliphatic carbocycles. The first-order valence-corrected chi connectivity index (χ1v) is 6.05. The van der Waals surface area contributed by atoms with E-state index in [0.29, 0.717) is 0 Å². The Morgan fingerprint density at radius 1 is 1.47 bits per heavy atom. The number of furan rings is 1. The van der Waals surface area contributed by atoms with Crippen LogP contribution in [-0.2, 0) is 13.5 Å². The van der Waals surface area contributed by atoms with Crippen LogP contribution >= 0.6 is 0 Å². The van der Waals surface area contributed by atoms with Crippen LogP contribution in [0.5, 0.6) is 0 Å². The second kappa shape index (κ2) is 5.68. The lowest BCUT2D eigenvalue weighted by molar-refractivity contribution is 0.441. The van der Waals surface area contributed by atoms with Crippen LogP contribution < -0.4 is 5.32 Å². The smallest absolute Gasteiger partial charge is 0.105 e. The molecule has 0 bridgehead atoms. The molecule has 0 saturated carbocycles. The van der Waals surface area contributed by atoms with Gasteiger partial charge in [0.25, 0.3) is 0 Å². The van der Waals surface area contributed by atoms with E-state index in [1.807, 2.05) is 30.1 Å². The van der Waals surface area contributed by atoms with Crippen molar-refractivity contribution in [3.05, 3.63) is 42.1 Å². The second-order valence-electron chi connectivity index (χ2n) is 4.20. The van der Waals surface area contributed by atoms with Crippen molar-refractivity contribution in [1.29, 1.82) is 0 Å². The van der Waals surface area contributed by atoms with Crippen molar-refractivity contribution >= 4 is 0 Å². The molecule has 4 nitrogen and oxygen atoms in total. The molecule has 0 saturated heterocycles. The minimum atomic E-state index is 0.224. The highest BCUT2D eigenvalue weighted by atomic mass is 16.3. The van der Waals surface area contributed by atoms with Gasteiger partial charge in [0.15, 0.2) is 0 Å². The van der Waals surface area contributed by atoms with E-state index in [0.717, 1.165) is 30.8 Å². The number of nitrogens with zero attached hydrogens (tertiary/aromatic N) is 2. The molecule has 1 N–H and O–H groups in total. The molecule has 0 aliphatic rings. The normalized spacial score (nSPS) is 12.8. The highest BCUT2D eigenvalue weighted by Crippen LogP contribution is 2.17. The monoisotopic (exact) mass is 233 g/mol. The van der Waals surface area contributed by atoms with Crippen LogP contribution in [0.25, 0.3) is 0 Å². The molecule has 0 aliphatic heterocycles. The van der Waals surface area contributed by atoms with Gasteiger partial charge in [-0.05, 0) is 31.2 Å². The molecule has 0 aromatic carbocycles. The largest absolute Gasteiger partial charge is 0.469 e. The molecule has 2 heterocycles. The number of hydrogen-bond acceptors (Lipinski definition) is 3. The summed E-state index contributed by atoms with van der Waals surface area (Å²) < 4.78 is 7.23. The SMILES string of the molecule is CCCNC(Cc1ccco1)c1ccn(C)n1. The summed E-state index contributed by atoms with van der Waals surface area (Å²) in [7, 11) is 1.94. The zero-order chi connectivity index (χ0) is 12.1. The molecule has 2 rings (SSSR count). The topological polar surface area (TPSA) is 43.0 Å². The van der Waals surface area contributed by atoms with Crippen molar-refractivity contribution in [1.82, 2.24) is 15.1 Å². The van der Waals surface area contributed by atoms with Gasteiger partial charge in [-0.3, -0.25) is 4.68 Å². The van der Waals surface area contributed by atoms with E-state index in [4.69, 9.17) is 4.42 Å². The fourth-order valence-electron chi connectivity index (χ4n) is 1.85. The van der Waals surface area contributed by atoms with E-state index in [-0.39, 0.29) is 6.04 Å². The van der Waals surface area contributed by atoms with Gasteiger partial charge in [0, 0.05) is 19.7 Å². The minimum absolute atomic E-state index is 0.224. The molecule has 2 aromatic heterocycles. The van der Waals surface area contributed by atoms with Gasteiger partial charge in [0.1, 0.15) is 5.76 Å². The second-order valence-corrected chi connectivity index (χ2v) is 4.20. The maximum Gasteiger partial charge on any atom is 0.105 e. The standard InChI is InChI=1S/C13H19N3O/c1-3-7-14-13(10-11-5-4-9-17-11)12-6-8-16(2)15-12/h4-6,8-9,13-14H,3,7,10H2,1-2H3. The Labute approximate surface area is 102 Å². The van der Waals surface area contributed by atoms with Gasteiger partial charge in [0.2, 0.25) is 0 Å². The molecule has 0 radical (unpaired) electrons. The Morgan fingerprint density at radius 2 is 2.35 bits per heavy atom. The Morgan fingerprint density at radius 3 is 2.94 bits per heavy atom. The lowest BCUT2D eigenvalue weighted by Gasteiger charge is -2.14. The van der Waals surface area contributed by atoms with E-state index in [9.17, 15) is 0 Å². The molecule has 0 amide bonds. The summed E-state index contributed by atoms with van der Waals surface area (Å²) in [6.45, 7) is 3.15. The molecule has 17 heavy (non-hydrogen) atoms. The molecular formula is C13H19N3O. The average Bonchev–Trinajstić information content (AvgIpc) is 2.95. The maximum absolute atomic E-state index is 5.40. The Kier molecular flexibility index (Phi) is 3.98. The van der Waals surface area contributed by atoms with Gasteiger partial charge in [0.05, 0.1) is 18.0 Å². The molecule has 4 heteroatoms. The van der Waals surface area contributed by atoms with E-state index >= 15 is 0 Å². The molecule has 1 atom stereocenters. The summed E-state index contributed by atoms with van der Waals surface area (Å²) in [6.07, 6.45) is 5.63. The summed E-state index contributed by atoms with van der Waals surface area (Å²) in [5.74, 6) is 0.990. The first-order valence-electron chi connectivity index (χ1n) is 6.05. The van der Waals surface area contributed by atoms with Crippen molar-refractivity contribution in [3.8, 4) is 0 Å². The predicted molar refractivity (Wildman–Crippen MR) is 66.7 cm³/mol. The lowest BCUT2D eigenvalue weighted by Crippen LogP contribution is -2.24. The van der Waals surface area contributed by atoms with Crippen LogP contribution in [0.4, 0.5) is 0 Å². The number of aryl methyl sites for hydroxylation is 1. The van der Waals surface area contributed by atoms with Gasteiger partial charge in [-0.2, -0.15) is 5.10 Å². The summed E-state index contributed by atoms with van der Waals surface area (Å²) in [6, 6.07) is 6.20. The zero-order valence-corrected chi connectivity index (χ0v) is 10.4. The number of rotatable bonds is 6. The van der Waals surface area contributed by atoms with Gasteiger partial charge < -0.3 is 9.73 Å². The zero-order valence-electron chi connectivity index (χ0n) is 10.4. The number of hydrogen-bond donors (Lipinski definition) is 1. The minimum Gasteiger partial charge on any atom is -0.469 e. The predicted octanol–water partition coefficient (Wildman–Crippen LogP) is 2.30. The van der Waals surface area contributed by atoms with Crippen LogP contribution in [0.3, 0.4) is 0 Å². The highest BCUT2D eigenvalue weighted by Gasteiger charge is 2.15. The Balaban J connectivity index is 2.07. The molecule has 0 spiro atoms. The first kappa shape index (κ1) is 11.9. The van der Waals surface area contributed by atoms with Crippen molar-refractivity contribution in [2.75, 3.05) is 6.54 Å². The van der Waals surface area contributed by atoms with E-state index < -0.39 is 0 Å². The van der Waals surface area contributed by atoms with Crippen LogP contribution in [0.1, 0.15) is 30.8 Å². The molecule has 0 fully saturated rings. The number of aromatic nitrogens is 2. The first-order chi connectivity index (χ1) is 8.29. The maximum atomic E-state index is 5.40. The van der Waals surface area contributed by atoms with Crippen LogP contribution in [0, 0.1) is 0 Å². The summed E-state index contributed by atoms with van der Waals surface area (Å²) in [5, 5.41) is 7.96. The van der Waals surface area contributed by atoms with Crippen molar-refractivity contribution in [2.24, 2.45) is 7.05 Å². The van der Waals surface area contributed by atoms with Crippen molar-refractivity contribution in [2.45, 2.75) is 25.8 Å². The van der Waals surface area contributed by atoms with Gasteiger partial charge in [-0.1, -0.05) is 6.92 Å². The third kappa shape index (κ3) is 3.20. The van der Waals surface area contributed by atoms with Gasteiger partial charge in [-0.25, -0.2) is 0 Å². The fourth-order valence-corrected chi connectivity index (χ4v) is 1.85. The van der Waals surface area contributed by atoms with Crippen LogP contribution in [-0.4, -0.2) is 16.3 Å². The third-order valence-electron chi connectivity index (χ3n) is 2.72. The van der Waals surface area contributed by atoms with Crippen LogP contribution in [0.15, 0.2) is 35.1 Å². The van der Waals surface area contributed by atoms with E-state index in [1.54, 1.807) is 6.26 Å². The van der Waals surface area contributed by atoms with E-state index in [1.165, 1.54) is 0 Å². The van der Waals surface area contributed by atoms with Gasteiger partial charge >= 0.3 is 0 Å². The van der Waals surface area contributed by atoms with Crippen LogP contribution in [0.2, 0.25) is 0 Å². The summed E-state index contributed by atoms with van der Waals surface area (Å²) >= 11 is 0. The number of nitrogens with one attached hydrogen (secondary N) is 1. The third-order valence-corrected chi connectivity index (χ3v) is 2.72. The van der Waals surface area contributed by atoms with Crippen molar-refractivity contribution < 1.29 is 4.42 Å². The quantitative estimate of drug-likeness (QED) is 0.832. The Bertz CT molecular complexity index is 433. The Hall–Kier alpha value is -1.55. The van der Waals surface area contributed by atoms with Crippen molar-refractivity contribution in [3.63, 3.8) is 0 Å². The molecule has 92 valence electrons. The molecule has 2 aromatic rings. The molecule has 1 unspecified atom stereocenters. The molecular weight excluding hydrogens is 214 g/mol. The highest BCUT2D eigenvalue weighted by molar-refractivity contribution is 5.10. The summed E-state index contributed by atoms with van der Waals surface area (Å²) in [4.78, 5) is 0. The lowest BCUT2D eigenvalue weighted by atomic mass is 10.1. The average molecular weight is 233 g/mol. The fraction of sp³-hybridized carbons (Fsp3) is 0.462.